The average Bonchev–Trinajstić information content (AvgIpc) is 3.46. The summed E-state index contributed by atoms with van der Waals surface area (Å²) in [5.74, 6) is -1.35. The number of rotatable bonds is 7. The lowest BCUT2D eigenvalue weighted by atomic mass is 10.1. The predicted molar refractivity (Wildman–Crippen MR) is 102 cm³/mol. The third-order valence-corrected chi connectivity index (χ3v) is 5.07. The number of esters is 2. The summed E-state index contributed by atoms with van der Waals surface area (Å²) in [4.78, 5) is 36.5. The second-order valence-electron chi connectivity index (χ2n) is 6.20. The molecule has 0 radical (unpaired) electrons. The molecule has 28 heavy (non-hydrogen) atoms. The highest BCUT2D eigenvalue weighted by atomic mass is 32.1. The number of nitrogens with zero attached hydrogens (tertiary/aromatic N) is 1. The Labute approximate surface area is 165 Å². The van der Waals surface area contributed by atoms with E-state index in [1.54, 1.807) is 6.92 Å². The number of nitriles is 1. The first-order chi connectivity index (χ1) is 13.5. The molecule has 0 bridgehead atoms. The van der Waals surface area contributed by atoms with Crippen molar-refractivity contribution in [2.75, 3.05) is 18.5 Å². The Hall–Kier alpha value is -3.18. The lowest BCUT2D eigenvalue weighted by Gasteiger charge is -2.09. The van der Waals surface area contributed by atoms with Crippen molar-refractivity contribution in [3.05, 3.63) is 51.9 Å². The van der Waals surface area contributed by atoms with Gasteiger partial charge in [-0.3, -0.25) is 4.79 Å². The van der Waals surface area contributed by atoms with Crippen LogP contribution in [0.1, 0.15) is 57.5 Å². The number of carbonyl (C=O) groups is 3. The van der Waals surface area contributed by atoms with Gasteiger partial charge in [0.25, 0.3) is 5.91 Å². The third-order valence-electron chi connectivity index (χ3n) is 4.15. The molecule has 1 amide bonds. The minimum absolute atomic E-state index is 0.242. The molecule has 1 aliphatic carbocycles. The summed E-state index contributed by atoms with van der Waals surface area (Å²) in [6, 6.07) is 7.86. The minimum Gasteiger partial charge on any atom is -0.462 e. The van der Waals surface area contributed by atoms with Gasteiger partial charge in [0.05, 0.1) is 29.4 Å². The molecule has 3 rings (SSSR count). The number of amides is 1. The van der Waals surface area contributed by atoms with E-state index in [0.717, 1.165) is 18.4 Å². The van der Waals surface area contributed by atoms with E-state index in [4.69, 9.17) is 14.7 Å². The maximum atomic E-state index is 12.3. The van der Waals surface area contributed by atoms with Gasteiger partial charge in [0.15, 0.2) is 6.61 Å². The Morgan fingerprint density at radius 1 is 1.18 bits per heavy atom. The number of nitrogens with one attached hydrogen (secondary N) is 1. The number of hydrogen-bond acceptors (Lipinski definition) is 7. The van der Waals surface area contributed by atoms with Crippen molar-refractivity contribution >= 4 is 34.2 Å². The molecule has 2 aromatic rings. The first kappa shape index (κ1) is 19.6. The van der Waals surface area contributed by atoms with E-state index in [1.165, 1.54) is 35.6 Å². The molecule has 1 heterocycles. The summed E-state index contributed by atoms with van der Waals surface area (Å²) < 4.78 is 10.1. The molecule has 144 valence electrons. The van der Waals surface area contributed by atoms with Gasteiger partial charge < -0.3 is 14.8 Å². The molecular weight excluding hydrogens is 380 g/mol. The molecule has 8 heteroatoms. The first-order valence-electron chi connectivity index (χ1n) is 8.79. The van der Waals surface area contributed by atoms with E-state index in [-0.39, 0.29) is 12.2 Å². The van der Waals surface area contributed by atoms with Gasteiger partial charge in [0, 0.05) is 0 Å². The van der Waals surface area contributed by atoms with Gasteiger partial charge >= 0.3 is 11.9 Å². The molecule has 0 atom stereocenters. The van der Waals surface area contributed by atoms with Crippen LogP contribution in [0, 0.1) is 11.3 Å². The fourth-order valence-corrected chi connectivity index (χ4v) is 3.68. The second-order valence-corrected chi connectivity index (χ2v) is 7.08. The van der Waals surface area contributed by atoms with Crippen molar-refractivity contribution in [1.82, 2.24) is 0 Å². The predicted octanol–water partition coefficient (Wildman–Crippen LogP) is 3.47. The molecule has 0 saturated heterocycles. The van der Waals surface area contributed by atoms with Gasteiger partial charge in [-0.25, -0.2) is 9.59 Å². The molecule has 1 aliphatic rings. The molecule has 1 aromatic carbocycles. The van der Waals surface area contributed by atoms with Gasteiger partial charge in [-0.05, 0) is 60.9 Å². The smallest absolute Gasteiger partial charge is 0.341 e. The number of hydrogen-bond donors (Lipinski definition) is 1. The van der Waals surface area contributed by atoms with Crippen LogP contribution >= 0.6 is 11.3 Å². The van der Waals surface area contributed by atoms with Crippen LogP contribution in [-0.4, -0.2) is 31.1 Å². The Balaban J connectivity index is 1.62. The van der Waals surface area contributed by atoms with Crippen molar-refractivity contribution in [2.24, 2.45) is 0 Å². The van der Waals surface area contributed by atoms with Crippen LogP contribution in [0.5, 0.6) is 0 Å². The van der Waals surface area contributed by atoms with Crippen molar-refractivity contribution < 1.29 is 23.9 Å². The fraction of sp³-hybridized carbons (Fsp3) is 0.300. The van der Waals surface area contributed by atoms with E-state index in [2.05, 4.69) is 5.32 Å². The van der Waals surface area contributed by atoms with Gasteiger partial charge in [-0.15, -0.1) is 11.3 Å². The summed E-state index contributed by atoms with van der Waals surface area (Å²) in [7, 11) is 0. The highest BCUT2D eigenvalue weighted by molar-refractivity contribution is 7.15. The first-order valence-corrected chi connectivity index (χ1v) is 9.67. The van der Waals surface area contributed by atoms with Gasteiger partial charge in [0.2, 0.25) is 0 Å². The normalized spacial score (nSPS) is 12.7. The standard InChI is InChI=1S/C20H18N2O5S/c1-2-26-20(25)17-15(13-7-8-13)11-28-18(17)22-16(23)10-27-19(24)14-5-3-12(9-21)4-6-14/h3-6,11,13H,2,7-8,10H2,1H3,(H,22,23). The summed E-state index contributed by atoms with van der Waals surface area (Å²) in [5.41, 5.74) is 1.95. The fourth-order valence-electron chi connectivity index (χ4n) is 2.63. The third kappa shape index (κ3) is 4.56. The highest BCUT2D eigenvalue weighted by Gasteiger charge is 2.32. The van der Waals surface area contributed by atoms with Gasteiger partial charge in [-0.2, -0.15) is 5.26 Å². The Morgan fingerprint density at radius 3 is 2.50 bits per heavy atom. The summed E-state index contributed by atoms with van der Waals surface area (Å²) >= 11 is 1.26. The van der Waals surface area contributed by atoms with E-state index in [1.807, 2.05) is 11.4 Å². The van der Waals surface area contributed by atoms with E-state index in [0.29, 0.717) is 22.0 Å². The van der Waals surface area contributed by atoms with Crippen molar-refractivity contribution in [2.45, 2.75) is 25.7 Å². The molecule has 1 saturated carbocycles. The number of anilines is 1. The molecule has 7 nitrogen and oxygen atoms in total. The quantitative estimate of drug-likeness (QED) is 0.716. The monoisotopic (exact) mass is 398 g/mol. The van der Waals surface area contributed by atoms with Crippen LogP contribution in [-0.2, 0) is 14.3 Å². The van der Waals surface area contributed by atoms with Crippen molar-refractivity contribution in [3.63, 3.8) is 0 Å². The van der Waals surface area contributed by atoms with Crippen molar-refractivity contribution in [1.29, 1.82) is 5.26 Å². The van der Waals surface area contributed by atoms with Crippen LogP contribution in [0.3, 0.4) is 0 Å². The zero-order valence-electron chi connectivity index (χ0n) is 15.2. The van der Waals surface area contributed by atoms with Crippen LogP contribution in [0.25, 0.3) is 0 Å². The lowest BCUT2D eigenvalue weighted by molar-refractivity contribution is -0.119. The number of ether oxygens (including phenoxy) is 2. The topological polar surface area (TPSA) is 105 Å². The van der Waals surface area contributed by atoms with Crippen LogP contribution in [0.4, 0.5) is 5.00 Å². The summed E-state index contributed by atoms with van der Waals surface area (Å²) in [6.45, 7) is 1.48. The average molecular weight is 398 g/mol. The van der Waals surface area contributed by atoms with E-state index in [9.17, 15) is 14.4 Å². The number of benzene rings is 1. The van der Waals surface area contributed by atoms with Crippen LogP contribution < -0.4 is 5.32 Å². The molecule has 0 unspecified atom stereocenters. The lowest BCUT2D eigenvalue weighted by Crippen LogP contribution is -2.22. The Kier molecular flexibility index (Phi) is 6.06. The van der Waals surface area contributed by atoms with Gasteiger partial charge in [0.1, 0.15) is 5.00 Å². The minimum atomic E-state index is -0.671. The molecule has 1 N–H and O–H groups in total. The van der Waals surface area contributed by atoms with Crippen LogP contribution in [0.15, 0.2) is 29.6 Å². The molecular formula is C20H18N2O5S. The maximum absolute atomic E-state index is 12.3. The SMILES string of the molecule is CCOC(=O)c1c(C2CC2)csc1NC(=O)COC(=O)c1ccc(C#N)cc1. The number of carbonyl (C=O) groups excluding carboxylic acids is 3. The highest BCUT2D eigenvalue weighted by Crippen LogP contribution is 2.46. The molecule has 1 fully saturated rings. The second kappa shape index (κ2) is 8.67. The van der Waals surface area contributed by atoms with Gasteiger partial charge in [-0.1, -0.05) is 0 Å². The summed E-state index contributed by atoms with van der Waals surface area (Å²) in [6.07, 6.45) is 2.03. The Bertz CT molecular complexity index is 938. The number of thiophene rings is 1. The zero-order chi connectivity index (χ0) is 20.1. The zero-order valence-corrected chi connectivity index (χ0v) is 16.0. The maximum Gasteiger partial charge on any atom is 0.341 e. The van der Waals surface area contributed by atoms with E-state index < -0.39 is 24.5 Å². The largest absolute Gasteiger partial charge is 0.462 e. The van der Waals surface area contributed by atoms with Crippen molar-refractivity contribution in [3.8, 4) is 6.07 Å². The molecule has 0 aliphatic heterocycles. The van der Waals surface area contributed by atoms with E-state index >= 15 is 0 Å². The summed E-state index contributed by atoms with van der Waals surface area (Å²) in [5, 5.41) is 13.7. The molecule has 1 aromatic heterocycles. The Morgan fingerprint density at radius 2 is 1.89 bits per heavy atom. The molecule has 0 spiro atoms. The van der Waals surface area contributed by atoms with Crippen LogP contribution in [0.2, 0.25) is 0 Å².